The first-order valence-corrected chi connectivity index (χ1v) is 5.76. The Morgan fingerprint density at radius 2 is 2.28 bits per heavy atom. The summed E-state index contributed by atoms with van der Waals surface area (Å²) >= 11 is 0. The number of rotatable bonds is 4. The molecule has 0 bridgehead atoms. The highest BCUT2D eigenvalue weighted by Crippen LogP contribution is 2.29. The number of nitrogens with one attached hydrogen (secondary N) is 1. The SMILES string of the molecule is [2H]C([2H])(Cc1c[nH]c2cccc(OC(C)=O)c12)N(C)C. The molecular weight excluding hydrogens is 228 g/mol. The van der Waals surface area contributed by atoms with Gasteiger partial charge in [0.05, 0.1) is 0 Å². The molecule has 0 aliphatic heterocycles. The van der Waals surface area contributed by atoms with Crippen LogP contribution in [0.4, 0.5) is 0 Å². The van der Waals surface area contributed by atoms with Crippen molar-refractivity contribution in [2.75, 3.05) is 20.6 Å². The zero-order valence-corrected chi connectivity index (χ0v) is 10.8. The second kappa shape index (κ2) is 5.23. The molecule has 0 spiro atoms. The molecule has 0 aliphatic carbocycles. The Morgan fingerprint density at radius 1 is 1.50 bits per heavy atom. The van der Waals surface area contributed by atoms with Gasteiger partial charge >= 0.3 is 5.97 Å². The van der Waals surface area contributed by atoms with Gasteiger partial charge in [0.2, 0.25) is 0 Å². The molecule has 96 valence electrons. The van der Waals surface area contributed by atoms with Crippen molar-refractivity contribution in [3.05, 3.63) is 30.0 Å². The number of likely N-dealkylation sites (N-methyl/N-ethyl adjacent to an activating group) is 1. The fourth-order valence-corrected chi connectivity index (χ4v) is 1.84. The molecule has 0 radical (unpaired) electrons. The van der Waals surface area contributed by atoms with Crippen LogP contribution in [-0.4, -0.2) is 36.4 Å². The minimum Gasteiger partial charge on any atom is -0.426 e. The number of H-pyrrole nitrogens is 1. The maximum Gasteiger partial charge on any atom is 0.308 e. The van der Waals surface area contributed by atoms with Gasteiger partial charge in [0.15, 0.2) is 0 Å². The average Bonchev–Trinajstić information content (AvgIpc) is 2.72. The van der Waals surface area contributed by atoms with E-state index in [0.29, 0.717) is 5.75 Å². The van der Waals surface area contributed by atoms with Gasteiger partial charge in [-0.15, -0.1) is 0 Å². The van der Waals surface area contributed by atoms with Crippen LogP contribution in [-0.2, 0) is 11.2 Å². The Kier molecular flexibility index (Phi) is 2.95. The van der Waals surface area contributed by atoms with Gasteiger partial charge in [-0.3, -0.25) is 4.79 Å². The molecule has 0 saturated carbocycles. The Bertz CT molecular complexity index is 635. The summed E-state index contributed by atoms with van der Waals surface area (Å²) in [6.07, 6.45) is 1.97. The van der Waals surface area contributed by atoms with E-state index in [-0.39, 0.29) is 12.4 Å². The van der Waals surface area contributed by atoms with Crippen molar-refractivity contribution >= 4 is 16.9 Å². The predicted molar refractivity (Wildman–Crippen MR) is 71.9 cm³/mol. The zero-order valence-electron chi connectivity index (χ0n) is 12.8. The topological polar surface area (TPSA) is 45.3 Å². The molecule has 4 heteroatoms. The molecule has 2 rings (SSSR count). The van der Waals surface area contributed by atoms with Crippen molar-refractivity contribution in [2.45, 2.75) is 13.3 Å². The van der Waals surface area contributed by atoms with E-state index in [9.17, 15) is 4.79 Å². The third-order valence-electron chi connectivity index (χ3n) is 2.59. The van der Waals surface area contributed by atoms with Crippen molar-refractivity contribution in [3.63, 3.8) is 0 Å². The lowest BCUT2D eigenvalue weighted by Gasteiger charge is -2.09. The number of hydrogen-bond acceptors (Lipinski definition) is 3. The summed E-state index contributed by atoms with van der Waals surface area (Å²) in [4.78, 5) is 15.8. The summed E-state index contributed by atoms with van der Waals surface area (Å²) in [6.45, 7) is -0.122. The van der Waals surface area contributed by atoms with Crippen LogP contribution in [0.5, 0.6) is 5.75 Å². The van der Waals surface area contributed by atoms with Gasteiger partial charge in [-0.05, 0) is 38.2 Å². The van der Waals surface area contributed by atoms with Crippen LogP contribution in [0.3, 0.4) is 0 Å². The molecule has 4 nitrogen and oxygen atoms in total. The number of ether oxygens (including phenoxy) is 1. The number of carbonyl (C=O) groups is 1. The molecule has 0 aliphatic rings. The van der Waals surface area contributed by atoms with E-state index in [2.05, 4.69) is 4.98 Å². The van der Waals surface area contributed by atoms with Gasteiger partial charge in [0.25, 0.3) is 0 Å². The minimum atomic E-state index is -1.47. The lowest BCUT2D eigenvalue weighted by atomic mass is 10.1. The van der Waals surface area contributed by atoms with Crippen molar-refractivity contribution in [1.82, 2.24) is 9.88 Å². The maximum absolute atomic E-state index is 11.2. The van der Waals surface area contributed by atoms with Crippen molar-refractivity contribution in [2.24, 2.45) is 0 Å². The van der Waals surface area contributed by atoms with Gasteiger partial charge in [0, 0.05) is 33.3 Å². The molecule has 18 heavy (non-hydrogen) atoms. The van der Waals surface area contributed by atoms with Crippen molar-refractivity contribution < 1.29 is 12.3 Å². The van der Waals surface area contributed by atoms with Gasteiger partial charge in [-0.1, -0.05) is 6.07 Å². The molecule has 0 unspecified atom stereocenters. The van der Waals surface area contributed by atoms with Crippen LogP contribution in [0, 0.1) is 0 Å². The van der Waals surface area contributed by atoms with Gasteiger partial charge in [-0.25, -0.2) is 0 Å². The van der Waals surface area contributed by atoms with E-state index < -0.39 is 6.50 Å². The summed E-state index contributed by atoms with van der Waals surface area (Å²) in [6, 6.07) is 5.38. The van der Waals surface area contributed by atoms with E-state index in [1.807, 2.05) is 6.07 Å². The molecule has 1 aromatic heterocycles. The Hall–Kier alpha value is -1.81. The molecular formula is C14H18N2O2. The fraction of sp³-hybridized carbons (Fsp3) is 0.357. The first-order chi connectivity index (χ1) is 9.31. The summed E-state index contributed by atoms with van der Waals surface area (Å²) in [7, 11) is 3.39. The molecule has 1 N–H and O–H groups in total. The molecule has 0 atom stereocenters. The number of aromatic nitrogens is 1. The smallest absolute Gasteiger partial charge is 0.308 e. The number of nitrogens with zero attached hydrogens (tertiary/aromatic N) is 1. The maximum atomic E-state index is 11.2. The highest BCUT2D eigenvalue weighted by molar-refractivity contribution is 5.91. The second-order valence-electron chi connectivity index (χ2n) is 4.32. The fourth-order valence-electron chi connectivity index (χ4n) is 1.84. The Morgan fingerprint density at radius 3 is 2.94 bits per heavy atom. The summed E-state index contributed by atoms with van der Waals surface area (Å²) in [5.74, 6) is 0.0704. The molecule has 0 amide bonds. The summed E-state index contributed by atoms with van der Waals surface area (Å²) in [5, 5.41) is 0.758. The third kappa shape index (κ3) is 2.71. The van der Waals surface area contributed by atoms with Gasteiger partial charge < -0.3 is 14.6 Å². The summed E-state index contributed by atoms with van der Waals surface area (Å²) < 4.78 is 21.2. The second-order valence-corrected chi connectivity index (χ2v) is 4.32. The lowest BCUT2D eigenvalue weighted by molar-refractivity contribution is -0.131. The van der Waals surface area contributed by atoms with Crippen LogP contribution in [0.25, 0.3) is 10.9 Å². The first kappa shape index (κ1) is 10.1. The van der Waals surface area contributed by atoms with Crippen LogP contribution < -0.4 is 4.74 Å². The molecule has 0 fully saturated rings. The van der Waals surface area contributed by atoms with Crippen molar-refractivity contribution in [1.29, 1.82) is 0 Å². The van der Waals surface area contributed by atoms with E-state index in [4.69, 9.17) is 7.48 Å². The molecule has 1 heterocycles. The van der Waals surface area contributed by atoms with Crippen molar-refractivity contribution in [3.8, 4) is 5.75 Å². The van der Waals surface area contributed by atoms with E-state index >= 15 is 0 Å². The monoisotopic (exact) mass is 248 g/mol. The quantitative estimate of drug-likeness (QED) is 0.666. The van der Waals surface area contributed by atoms with Crippen LogP contribution in [0.1, 0.15) is 15.2 Å². The van der Waals surface area contributed by atoms with Gasteiger partial charge in [0.1, 0.15) is 5.75 Å². The third-order valence-corrected chi connectivity index (χ3v) is 2.59. The van der Waals surface area contributed by atoms with Crippen LogP contribution in [0.15, 0.2) is 24.4 Å². The molecule has 0 saturated heterocycles. The number of aryl methyl sites for hydroxylation is 1. The Balaban J connectivity index is 2.47. The molecule has 1 aromatic carbocycles. The number of hydrogen-bond donors (Lipinski definition) is 1. The number of carbonyl (C=O) groups excluding carboxylic acids is 1. The molecule has 2 aromatic rings. The largest absolute Gasteiger partial charge is 0.426 e. The number of fused-ring (bicyclic) bond motifs is 1. The van der Waals surface area contributed by atoms with E-state index in [1.165, 1.54) is 11.8 Å². The standard InChI is InChI=1S/C14H18N2O2/c1-10(17)18-13-6-4-5-12-14(13)11(9-15-12)7-8-16(2)3/h4-6,9,15H,7-8H2,1-3H3/i8D2. The number of esters is 1. The van der Waals surface area contributed by atoms with E-state index in [1.54, 1.807) is 32.4 Å². The normalized spacial score (nSPS) is 13.6. The zero-order chi connectivity index (χ0) is 14.9. The van der Waals surface area contributed by atoms with Crippen LogP contribution in [0.2, 0.25) is 0 Å². The predicted octanol–water partition coefficient (Wildman–Crippen LogP) is 2.20. The Labute approximate surface area is 109 Å². The van der Waals surface area contributed by atoms with Gasteiger partial charge in [-0.2, -0.15) is 0 Å². The highest BCUT2D eigenvalue weighted by Gasteiger charge is 2.11. The van der Waals surface area contributed by atoms with Crippen LogP contribution >= 0.6 is 0 Å². The number of benzene rings is 1. The number of aromatic amines is 1. The minimum absolute atomic E-state index is 0.207. The highest BCUT2D eigenvalue weighted by atomic mass is 16.5. The summed E-state index contributed by atoms with van der Waals surface area (Å²) in [5.41, 5.74) is 1.61. The lowest BCUT2D eigenvalue weighted by Crippen LogP contribution is -2.15. The first-order valence-electron chi connectivity index (χ1n) is 6.76. The average molecular weight is 248 g/mol. The van der Waals surface area contributed by atoms with E-state index in [0.717, 1.165) is 16.5 Å².